The number of hydrogen-bond acceptors (Lipinski definition) is 0. The molecule has 7 heteroatoms. The minimum atomic E-state index is -2.89. The Balaban J connectivity index is 2.69. The summed E-state index contributed by atoms with van der Waals surface area (Å²) in [5.41, 5.74) is 0. The quantitative estimate of drug-likeness (QED) is 0.163. The molecule has 0 aliphatic carbocycles. The minimum Gasteiger partial charge on any atom is -0.251 e. The molecule has 1 aromatic carbocycles. The molecule has 0 bridgehead atoms. The molecule has 0 aliphatic heterocycles. The van der Waals surface area contributed by atoms with Crippen LogP contribution in [0.3, 0.4) is 0 Å². The molecule has 6 unspecified atom stereocenters. The van der Waals surface area contributed by atoms with Crippen LogP contribution in [0.15, 0.2) is 30.3 Å². The fourth-order valence-electron chi connectivity index (χ4n) is 3.01. The molecule has 0 amide bonds. The molecular formula is C21H31F6P. The predicted octanol–water partition coefficient (Wildman–Crippen LogP) is 6.81. The maximum absolute atomic E-state index is 14.5. The Kier molecular flexibility index (Phi) is 12.9. The molecular weight excluding hydrogens is 397 g/mol. The van der Waals surface area contributed by atoms with Crippen molar-refractivity contribution in [2.45, 2.75) is 76.3 Å². The topological polar surface area (TPSA) is 0 Å². The Morgan fingerprint density at radius 1 is 0.786 bits per heavy atom. The standard InChI is InChI=1S/C21H31F6P/c1-2-3-4-8-14-28(16-10-6-5-7-11-16)15-18(24)20(26)21(27)19(25)17(23)12-9-13-22/h5-7,10-11,17-21H,2-4,8-9,12-15H2,1H3. The molecule has 0 radical (unpaired) electrons. The summed E-state index contributed by atoms with van der Waals surface area (Å²) in [6.45, 7) is 1.21. The molecule has 6 atom stereocenters. The van der Waals surface area contributed by atoms with Crippen LogP contribution in [0.2, 0.25) is 0 Å². The molecule has 0 saturated carbocycles. The number of rotatable bonds is 15. The van der Waals surface area contributed by atoms with E-state index in [1.807, 2.05) is 30.3 Å². The molecule has 0 heterocycles. The van der Waals surface area contributed by atoms with Gasteiger partial charge in [-0.15, -0.1) is 0 Å². The summed E-state index contributed by atoms with van der Waals surface area (Å²) in [6, 6.07) is 9.12. The molecule has 0 spiro atoms. The highest BCUT2D eigenvalue weighted by Gasteiger charge is 2.40. The largest absolute Gasteiger partial charge is 0.251 e. The molecule has 1 rings (SSSR count). The molecule has 28 heavy (non-hydrogen) atoms. The first kappa shape index (κ1) is 25.3. The third kappa shape index (κ3) is 8.71. The van der Waals surface area contributed by atoms with Crippen LogP contribution >= 0.6 is 7.92 Å². The van der Waals surface area contributed by atoms with Crippen molar-refractivity contribution in [1.29, 1.82) is 0 Å². The van der Waals surface area contributed by atoms with Crippen LogP contribution in [0.5, 0.6) is 0 Å². The van der Waals surface area contributed by atoms with Crippen molar-refractivity contribution in [2.24, 2.45) is 0 Å². The third-order valence-corrected chi connectivity index (χ3v) is 7.38. The summed E-state index contributed by atoms with van der Waals surface area (Å²) in [4.78, 5) is 0. The summed E-state index contributed by atoms with van der Waals surface area (Å²) in [7, 11) is -1.06. The number of benzene rings is 1. The third-order valence-electron chi connectivity index (χ3n) is 4.71. The second-order valence-electron chi connectivity index (χ2n) is 7.04. The molecule has 1 aromatic rings. The van der Waals surface area contributed by atoms with E-state index in [9.17, 15) is 26.3 Å². The van der Waals surface area contributed by atoms with E-state index >= 15 is 0 Å². The van der Waals surface area contributed by atoms with E-state index in [-0.39, 0.29) is 12.6 Å². The summed E-state index contributed by atoms with van der Waals surface area (Å²) in [5, 5.41) is 0.891. The lowest BCUT2D eigenvalue weighted by atomic mass is 10.0. The first-order valence-electron chi connectivity index (χ1n) is 9.98. The van der Waals surface area contributed by atoms with Crippen LogP contribution < -0.4 is 5.30 Å². The highest BCUT2D eigenvalue weighted by Crippen LogP contribution is 2.39. The fraction of sp³-hybridized carbons (Fsp3) is 0.714. The highest BCUT2D eigenvalue weighted by atomic mass is 31.1. The van der Waals surface area contributed by atoms with Gasteiger partial charge in [0.1, 0.15) is 12.3 Å². The summed E-state index contributed by atoms with van der Waals surface area (Å²) in [6.07, 6.45) is -9.37. The van der Waals surface area contributed by atoms with E-state index in [1.54, 1.807) is 0 Å². The molecule has 0 fully saturated rings. The SMILES string of the molecule is CCCCCCP(CC(F)C(F)C(F)C(F)C(F)CCCF)c1ccccc1. The molecule has 0 saturated heterocycles. The number of hydrogen-bond donors (Lipinski definition) is 0. The van der Waals surface area contributed by atoms with E-state index in [4.69, 9.17) is 0 Å². The zero-order chi connectivity index (χ0) is 20.9. The second kappa shape index (κ2) is 14.3. The molecule has 162 valence electrons. The van der Waals surface area contributed by atoms with Gasteiger partial charge in [0, 0.05) is 6.16 Å². The zero-order valence-electron chi connectivity index (χ0n) is 16.4. The van der Waals surface area contributed by atoms with Gasteiger partial charge >= 0.3 is 0 Å². The number of alkyl halides is 6. The van der Waals surface area contributed by atoms with Crippen LogP contribution in [0.1, 0.15) is 45.4 Å². The summed E-state index contributed by atoms with van der Waals surface area (Å²) in [5.74, 6) is 0. The lowest BCUT2D eigenvalue weighted by molar-refractivity contribution is 0.00363. The van der Waals surface area contributed by atoms with Crippen molar-refractivity contribution >= 4 is 13.2 Å². The Morgan fingerprint density at radius 2 is 1.43 bits per heavy atom. The lowest BCUT2D eigenvalue weighted by Crippen LogP contribution is -2.41. The van der Waals surface area contributed by atoms with E-state index in [0.29, 0.717) is 6.16 Å². The smallest absolute Gasteiger partial charge is 0.168 e. The predicted molar refractivity (Wildman–Crippen MR) is 107 cm³/mol. The van der Waals surface area contributed by atoms with Gasteiger partial charge in [0.25, 0.3) is 0 Å². The van der Waals surface area contributed by atoms with Crippen molar-refractivity contribution in [1.82, 2.24) is 0 Å². The van der Waals surface area contributed by atoms with Gasteiger partial charge in [0.2, 0.25) is 0 Å². The van der Waals surface area contributed by atoms with Crippen molar-refractivity contribution < 1.29 is 26.3 Å². The Labute approximate surface area is 165 Å². The Bertz CT molecular complexity index is 503. The van der Waals surface area contributed by atoms with Gasteiger partial charge in [0.15, 0.2) is 18.5 Å². The summed E-state index contributed by atoms with van der Waals surface area (Å²) < 4.78 is 82.1. The first-order chi connectivity index (χ1) is 13.4. The molecule has 0 N–H and O–H groups in total. The van der Waals surface area contributed by atoms with Gasteiger partial charge < -0.3 is 0 Å². The maximum Gasteiger partial charge on any atom is 0.168 e. The van der Waals surface area contributed by atoms with Crippen LogP contribution in [0.25, 0.3) is 0 Å². The maximum atomic E-state index is 14.5. The molecule has 0 aliphatic rings. The summed E-state index contributed by atoms with van der Waals surface area (Å²) >= 11 is 0. The Morgan fingerprint density at radius 3 is 2.04 bits per heavy atom. The van der Waals surface area contributed by atoms with E-state index in [1.165, 1.54) is 0 Å². The van der Waals surface area contributed by atoms with E-state index < -0.39 is 51.9 Å². The van der Waals surface area contributed by atoms with Gasteiger partial charge in [-0.05, 0) is 30.7 Å². The van der Waals surface area contributed by atoms with Gasteiger partial charge in [-0.1, -0.05) is 64.4 Å². The second-order valence-corrected chi connectivity index (χ2v) is 9.45. The van der Waals surface area contributed by atoms with Crippen molar-refractivity contribution in [3.05, 3.63) is 30.3 Å². The van der Waals surface area contributed by atoms with Crippen LogP contribution in [0.4, 0.5) is 26.3 Å². The van der Waals surface area contributed by atoms with Gasteiger partial charge in [0.05, 0.1) is 6.67 Å². The minimum absolute atomic E-state index is 0.221. The van der Waals surface area contributed by atoms with Gasteiger partial charge in [-0.2, -0.15) is 0 Å². The van der Waals surface area contributed by atoms with Crippen LogP contribution in [0, 0.1) is 0 Å². The van der Waals surface area contributed by atoms with Crippen LogP contribution in [-0.2, 0) is 0 Å². The number of unbranched alkanes of at least 4 members (excludes halogenated alkanes) is 3. The van der Waals surface area contributed by atoms with Crippen LogP contribution in [-0.4, -0.2) is 49.9 Å². The lowest BCUT2D eigenvalue weighted by Gasteiger charge is -2.26. The molecule has 0 nitrogen and oxygen atoms in total. The molecule has 0 aromatic heterocycles. The van der Waals surface area contributed by atoms with E-state index in [2.05, 4.69) is 6.92 Å². The van der Waals surface area contributed by atoms with Crippen molar-refractivity contribution in [3.63, 3.8) is 0 Å². The van der Waals surface area contributed by atoms with Gasteiger partial charge in [-0.3, -0.25) is 4.39 Å². The Hall–Kier alpha value is -0.770. The zero-order valence-corrected chi connectivity index (χ0v) is 17.2. The number of halogens is 6. The van der Waals surface area contributed by atoms with Gasteiger partial charge in [-0.25, -0.2) is 22.0 Å². The monoisotopic (exact) mass is 428 g/mol. The normalized spacial score (nSPS) is 18.2. The van der Waals surface area contributed by atoms with Crippen molar-refractivity contribution in [2.75, 3.05) is 19.0 Å². The first-order valence-corrected chi connectivity index (χ1v) is 11.7. The highest BCUT2D eigenvalue weighted by molar-refractivity contribution is 7.65. The average Bonchev–Trinajstić information content (AvgIpc) is 2.72. The van der Waals surface area contributed by atoms with E-state index in [0.717, 1.165) is 31.0 Å². The van der Waals surface area contributed by atoms with Crippen molar-refractivity contribution in [3.8, 4) is 0 Å². The average molecular weight is 428 g/mol. The fourth-order valence-corrected chi connectivity index (χ4v) is 5.48.